The van der Waals surface area contributed by atoms with Gasteiger partial charge in [0.05, 0.1) is 11.7 Å². The van der Waals surface area contributed by atoms with Crippen molar-refractivity contribution in [3.8, 4) is 0 Å². The SMILES string of the molecule is O=S(=O)(Cl)CC1C(F)(F)C12CCOCC2. The van der Waals surface area contributed by atoms with Crippen molar-refractivity contribution in [1.82, 2.24) is 0 Å². The Morgan fingerprint density at radius 1 is 1.33 bits per heavy atom. The molecular formula is C8H11ClF2O3S. The van der Waals surface area contributed by atoms with Crippen LogP contribution in [0.2, 0.25) is 0 Å². The Labute approximate surface area is 91.2 Å². The van der Waals surface area contributed by atoms with E-state index in [0.717, 1.165) is 0 Å². The molecule has 2 rings (SSSR count). The Morgan fingerprint density at radius 2 is 1.87 bits per heavy atom. The Hall–Kier alpha value is 0.0600. The molecule has 2 aliphatic rings. The molecule has 1 heterocycles. The molecule has 0 bridgehead atoms. The van der Waals surface area contributed by atoms with Gasteiger partial charge in [0, 0.05) is 29.3 Å². The highest BCUT2D eigenvalue weighted by Crippen LogP contribution is 2.70. The first-order valence-corrected chi connectivity index (χ1v) is 7.15. The fourth-order valence-corrected chi connectivity index (χ4v) is 3.78. The van der Waals surface area contributed by atoms with Crippen LogP contribution in [0, 0.1) is 11.3 Å². The Bertz CT molecular complexity index is 362. The van der Waals surface area contributed by atoms with Crippen molar-refractivity contribution < 1.29 is 21.9 Å². The lowest BCUT2D eigenvalue weighted by Crippen LogP contribution is -2.23. The molecule has 1 saturated carbocycles. The average molecular weight is 261 g/mol. The number of alkyl halides is 2. The summed E-state index contributed by atoms with van der Waals surface area (Å²) in [5.41, 5.74) is -1.17. The van der Waals surface area contributed by atoms with Crippen LogP contribution in [0.3, 0.4) is 0 Å². The molecule has 0 aromatic rings. The van der Waals surface area contributed by atoms with Crippen molar-refractivity contribution in [2.24, 2.45) is 11.3 Å². The summed E-state index contributed by atoms with van der Waals surface area (Å²) in [7, 11) is 1.15. The summed E-state index contributed by atoms with van der Waals surface area (Å²) in [4.78, 5) is 0. The van der Waals surface area contributed by atoms with E-state index in [9.17, 15) is 17.2 Å². The first-order valence-electron chi connectivity index (χ1n) is 4.67. The van der Waals surface area contributed by atoms with Gasteiger partial charge in [-0.3, -0.25) is 0 Å². The smallest absolute Gasteiger partial charge is 0.258 e. The zero-order valence-electron chi connectivity index (χ0n) is 7.88. The van der Waals surface area contributed by atoms with Crippen molar-refractivity contribution in [2.75, 3.05) is 19.0 Å². The van der Waals surface area contributed by atoms with E-state index in [0.29, 0.717) is 0 Å². The second-order valence-corrected chi connectivity index (χ2v) is 6.97. The van der Waals surface area contributed by atoms with Gasteiger partial charge in [0.15, 0.2) is 0 Å². The van der Waals surface area contributed by atoms with E-state index in [1.165, 1.54) is 0 Å². The quantitative estimate of drug-likeness (QED) is 0.709. The third kappa shape index (κ3) is 1.76. The van der Waals surface area contributed by atoms with E-state index >= 15 is 0 Å². The van der Waals surface area contributed by atoms with Gasteiger partial charge in [-0.25, -0.2) is 17.2 Å². The summed E-state index contributed by atoms with van der Waals surface area (Å²) in [5.74, 6) is -4.67. The summed E-state index contributed by atoms with van der Waals surface area (Å²) in [6.07, 6.45) is 0.439. The summed E-state index contributed by atoms with van der Waals surface area (Å²) < 4.78 is 53.6. The van der Waals surface area contributed by atoms with Crippen LogP contribution in [-0.2, 0) is 13.8 Å². The first-order chi connectivity index (χ1) is 6.80. The molecule has 15 heavy (non-hydrogen) atoms. The van der Waals surface area contributed by atoms with E-state index in [1.807, 2.05) is 0 Å². The van der Waals surface area contributed by atoms with Crippen molar-refractivity contribution in [3.63, 3.8) is 0 Å². The summed E-state index contributed by atoms with van der Waals surface area (Å²) in [6, 6.07) is 0. The number of hydrogen-bond donors (Lipinski definition) is 0. The topological polar surface area (TPSA) is 43.4 Å². The molecule has 1 aliphatic carbocycles. The number of rotatable bonds is 2. The summed E-state index contributed by atoms with van der Waals surface area (Å²) in [6.45, 7) is 0.544. The zero-order valence-corrected chi connectivity index (χ0v) is 9.45. The molecule has 1 aliphatic heterocycles. The van der Waals surface area contributed by atoms with Crippen LogP contribution in [-0.4, -0.2) is 33.3 Å². The molecule has 0 amide bonds. The second-order valence-electron chi connectivity index (χ2n) is 4.15. The van der Waals surface area contributed by atoms with Crippen LogP contribution in [0.5, 0.6) is 0 Å². The molecule has 3 nitrogen and oxygen atoms in total. The van der Waals surface area contributed by atoms with Crippen LogP contribution >= 0.6 is 10.7 Å². The monoisotopic (exact) mass is 260 g/mol. The lowest BCUT2D eigenvalue weighted by Gasteiger charge is -2.22. The van der Waals surface area contributed by atoms with Gasteiger partial charge in [-0.2, -0.15) is 0 Å². The van der Waals surface area contributed by atoms with Gasteiger partial charge in [0.25, 0.3) is 5.92 Å². The molecule has 0 aromatic carbocycles. The Kier molecular flexibility index (Phi) is 2.52. The predicted molar refractivity (Wildman–Crippen MR) is 50.6 cm³/mol. The van der Waals surface area contributed by atoms with Crippen molar-refractivity contribution >= 4 is 19.7 Å². The van der Waals surface area contributed by atoms with E-state index in [-0.39, 0.29) is 26.1 Å². The fourth-order valence-electron chi connectivity index (χ4n) is 2.47. The van der Waals surface area contributed by atoms with Gasteiger partial charge in [0.1, 0.15) is 0 Å². The highest BCUT2D eigenvalue weighted by atomic mass is 35.7. The largest absolute Gasteiger partial charge is 0.381 e. The Balaban J connectivity index is 2.15. The molecule has 7 heteroatoms. The summed E-state index contributed by atoms with van der Waals surface area (Å²) >= 11 is 0. The molecule has 1 unspecified atom stereocenters. The van der Waals surface area contributed by atoms with E-state index < -0.39 is 32.1 Å². The van der Waals surface area contributed by atoms with Crippen LogP contribution in [0.25, 0.3) is 0 Å². The van der Waals surface area contributed by atoms with Crippen LogP contribution in [0.1, 0.15) is 12.8 Å². The maximum atomic E-state index is 13.5. The third-order valence-electron chi connectivity index (χ3n) is 3.44. The molecule has 88 valence electrons. The molecule has 1 atom stereocenters. The number of halogens is 3. The second kappa shape index (κ2) is 3.28. The fraction of sp³-hybridized carbons (Fsp3) is 1.00. The highest BCUT2D eigenvalue weighted by Gasteiger charge is 2.80. The van der Waals surface area contributed by atoms with Gasteiger partial charge in [-0.15, -0.1) is 0 Å². The van der Waals surface area contributed by atoms with Gasteiger partial charge >= 0.3 is 0 Å². The van der Waals surface area contributed by atoms with Crippen LogP contribution < -0.4 is 0 Å². The van der Waals surface area contributed by atoms with Crippen molar-refractivity contribution in [1.29, 1.82) is 0 Å². The number of ether oxygens (including phenoxy) is 1. The van der Waals surface area contributed by atoms with Crippen LogP contribution in [0.4, 0.5) is 8.78 Å². The molecular weight excluding hydrogens is 250 g/mol. The normalized spacial score (nSPS) is 32.9. The maximum absolute atomic E-state index is 13.5. The molecule has 1 saturated heterocycles. The predicted octanol–water partition coefficient (Wildman–Crippen LogP) is 1.62. The van der Waals surface area contributed by atoms with Gasteiger partial charge in [-0.05, 0) is 12.8 Å². The lowest BCUT2D eigenvalue weighted by atomic mass is 9.94. The molecule has 0 radical (unpaired) electrons. The van der Waals surface area contributed by atoms with Gasteiger partial charge < -0.3 is 4.74 Å². The minimum Gasteiger partial charge on any atom is -0.381 e. The molecule has 0 aromatic heterocycles. The minimum atomic E-state index is -3.86. The molecule has 1 spiro atoms. The Morgan fingerprint density at radius 3 is 2.33 bits per heavy atom. The van der Waals surface area contributed by atoms with Gasteiger partial charge in [0.2, 0.25) is 9.05 Å². The summed E-state index contributed by atoms with van der Waals surface area (Å²) in [5, 5.41) is 0. The first kappa shape index (κ1) is 11.5. The standard InChI is InChI=1S/C8H11ClF2O3S/c9-15(12,13)5-6-7(8(6,10)11)1-3-14-4-2-7/h6H,1-5H2. The van der Waals surface area contributed by atoms with Crippen molar-refractivity contribution in [2.45, 2.75) is 18.8 Å². The van der Waals surface area contributed by atoms with E-state index in [1.54, 1.807) is 0 Å². The maximum Gasteiger partial charge on any atom is 0.258 e. The van der Waals surface area contributed by atoms with Crippen molar-refractivity contribution in [3.05, 3.63) is 0 Å². The lowest BCUT2D eigenvalue weighted by molar-refractivity contribution is -0.00826. The highest BCUT2D eigenvalue weighted by molar-refractivity contribution is 8.13. The number of hydrogen-bond acceptors (Lipinski definition) is 3. The van der Waals surface area contributed by atoms with Gasteiger partial charge in [-0.1, -0.05) is 0 Å². The third-order valence-corrected chi connectivity index (χ3v) is 4.55. The molecule has 0 N–H and O–H groups in total. The van der Waals surface area contributed by atoms with Crippen LogP contribution in [0.15, 0.2) is 0 Å². The van der Waals surface area contributed by atoms with E-state index in [2.05, 4.69) is 0 Å². The average Bonchev–Trinajstić information content (AvgIpc) is 2.51. The molecule has 2 fully saturated rings. The minimum absolute atomic E-state index is 0.219. The van der Waals surface area contributed by atoms with E-state index in [4.69, 9.17) is 15.4 Å². The zero-order chi connectivity index (χ0) is 11.3.